The number of rotatable bonds is 39. The first-order valence-electron chi connectivity index (χ1n) is 23.6. The van der Waals surface area contributed by atoms with E-state index in [0.29, 0.717) is 6.42 Å². The number of aliphatic hydroxyl groups excluding tert-OH is 4. The van der Waals surface area contributed by atoms with Gasteiger partial charge in [0.15, 0.2) is 12.4 Å². The van der Waals surface area contributed by atoms with E-state index in [0.717, 1.165) is 70.6 Å². The van der Waals surface area contributed by atoms with Crippen LogP contribution >= 0.6 is 0 Å². The van der Waals surface area contributed by atoms with Gasteiger partial charge in [-0.25, -0.2) is 0 Å². The summed E-state index contributed by atoms with van der Waals surface area (Å²) in [7, 11) is 0. The lowest BCUT2D eigenvalue weighted by atomic mass is 9.99. The molecule has 1 saturated heterocycles. The predicted molar refractivity (Wildman–Crippen MR) is 233 cm³/mol. The lowest BCUT2D eigenvalue weighted by Gasteiger charge is -2.39. The number of hydrogen-bond acceptors (Lipinski definition) is 10. The molecule has 0 aromatic rings. The number of esters is 2. The molecule has 0 radical (unpaired) electrons. The van der Waals surface area contributed by atoms with Gasteiger partial charge in [0, 0.05) is 12.8 Å². The third-order valence-corrected chi connectivity index (χ3v) is 10.8. The third kappa shape index (κ3) is 30.0. The maximum absolute atomic E-state index is 12.8. The Morgan fingerprint density at radius 2 is 0.966 bits per heavy atom. The number of carbonyl (C=O) groups is 2. The van der Waals surface area contributed by atoms with Crippen LogP contribution in [0.1, 0.15) is 200 Å². The minimum absolute atomic E-state index is 0.217. The summed E-state index contributed by atoms with van der Waals surface area (Å²) in [6.45, 7) is 3.39. The lowest BCUT2D eigenvalue weighted by molar-refractivity contribution is -0.305. The Hall–Kier alpha value is -2.08. The topological polar surface area (TPSA) is 152 Å². The first-order chi connectivity index (χ1) is 28.3. The molecule has 1 fully saturated rings. The van der Waals surface area contributed by atoms with E-state index in [9.17, 15) is 30.0 Å². The molecule has 1 heterocycles. The molecule has 0 spiro atoms. The molecule has 1 aliphatic heterocycles. The van der Waals surface area contributed by atoms with Crippen LogP contribution in [0.5, 0.6) is 0 Å². The number of allylic oxidation sites excluding steroid dienone is 6. The number of ether oxygens (including phenoxy) is 4. The van der Waals surface area contributed by atoms with E-state index in [-0.39, 0.29) is 32.0 Å². The molecule has 10 nitrogen and oxygen atoms in total. The Morgan fingerprint density at radius 1 is 0.534 bits per heavy atom. The first-order valence-corrected chi connectivity index (χ1v) is 23.6. The van der Waals surface area contributed by atoms with Crippen molar-refractivity contribution < 1.29 is 49.0 Å². The van der Waals surface area contributed by atoms with Crippen molar-refractivity contribution in [2.45, 2.75) is 237 Å². The van der Waals surface area contributed by atoms with Gasteiger partial charge < -0.3 is 39.4 Å². The highest BCUT2D eigenvalue weighted by Gasteiger charge is 2.44. The van der Waals surface area contributed by atoms with Crippen LogP contribution in [0.2, 0.25) is 0 Å². The van der Waals surface area contributed by atoms with Gasteiger partial charge >= 0.3 is 11.9 Å². The van der Waals surface area contributed by atoms with Gasteiger partial charge in [0.25, 0.3) is 0 Å². The average molecular weight is 823 g/mol. The van der Waals surface area contributed by atoms with Crippen molar-refractivity contribution in [3.05, 3.63) is 36.5 Å². The lowest BCUT2D eigenvalue weighted by Crippen LogP contribution is -2.59. The smallest absolute Gasteiger partial charge is 0.306 e. The maximum Gasteiger partial charge on any atom is 0.306 e. The van der Waals surface area contributed by atoms with Crippen molar-refractivity contribution in [1.29, 1.82) is 0 Å². The standard InChI is InChI=1S/C48H86O10/c1-3-5-7-9-11-13-15-17-19-20-21-22-23-25-27-29-31-33-35-37-44(51)57-41(40-56-48-47(54)46(53)45(52)42(38-49)58-48)39-55-43(50)36-34-32-30-28-26-24-18-16-14-12-10-8-6-4-2/h11,13,17,19,21-22,41-42,45-49,52-54H,3-10,12,14-16,18,20,23-40H2,1-2H3/b13-11-,19-17-,22-21-. The van der Waals surface area contributed by atoms with Crippen molar-refractivity contribution in [2.75, 3.05) is 19.8 Å². The van der Waals surface area contributed by atoms with Crippen LogP contribution in [0.15, 0.2) is 36.5 Å². The summed E-state index contributed by atoms with van der Waals surface area (Å²) >= 11 is 0. The monoisotopic (exact) mass is 823 g/mol. The van der Waals surface area contributed by atoms with Crippen molar-refractivity contribution in [2.24, 2.45) is 0 Å². The van der Waals surface area contributed by atoms with Crippen molar-refractivity contribution >= 4 is 11.9 Å². The predicted octanol–water partition coefficient (Wildman–Crippen LogP) is 10.3. The van der Waals surface area contributed by atoms with Crippen LogP contribution in [-0.2, 0) is 28.5 Å². The molecule has 10 heteroatoms. The van der Waals surface area contributed by atoms with Gasteiger partial charge in [-0.05, 0) is 51.4 Å². The van der Waals surface area contributed by atoms with Crippen molar-refractivity contribution in [3.63, 3.8) is 0 Å². The normalized spacial score (nSPS) is 20.4. The van der Waals surface area contributed by atoms with Crippen LogP contribution in [0.4, 0.5) is 0 Å². The quantitative estimate of drug-likeness (QED) is 0.0268. The van der Waals surface area contributed by atoms with E-state index in [1.807, 2.05) is 0 Å². The van der Waals surface area contributed by atoms with E-state index in [1.165, 1.54) is 96.3 Å². The van der Waals surface area contributed by atoms with Crippen molar-refractivity contribution in [1.82, 2.24) is 0 Å². The Kier molecular flexibility index (Phi) is 36.3. The zero-order chi connectivity index (χ0) is 42.3. The molecule has 0 aliphatic carbocycles. The summed E-state index contributed by atoms with van der Waals surface area (Å²) in [5.41, 5.74) is 0. The molecule has 1 rings (SSSR count). The van der Waals surface area contributed by atoms with E-state index in [1.54, 1.807) is 0 Å². The molecule has 58 heavy (non-hydrogen) atoms. The van der Waals surface area contributed by atoms with Gasteiger partial charge in [-0.2, -0.15) is 0 Å². The summed E-state index contributed by atoms with van der Waals surface area (Å²) in [5, 5.41) is 40.1. The zero-order valence-electron chi connectivity index (χ0n) is 36.8. The first kappa shape index (κ1) is 53.9. The molecule has 0 bridgehead atoms. The van der Waals surface area contributed by atoms with E-state index in [4.69, 9.17) is 18.9 Å². The Bertz CT molecular complexity index is 1040. The van der Waals surface area contributed by atoms with E-state index in [2.05, 4.69) is 50.3 Å². The van der Waals surface area contributed by atoms with Gasteiger partial charge in [0.05, 0.1) is 13.2 Å². The molecule has 4 N–H and O–H groups in total. The van der Waals surface area contributed by atoms with Crippen LogP contribution in [0.25, 0.3) is 0 Å². The average Bonchev–Trinajstić information content (AvgIpc) is 3.22. The highest BCUT2D eigenvalue weighted by molar-refractivity contribution is 5.70. The Balaban J connectivity index is 2.32. The summed E-state index contributed by atoms with van der Waals surface area (Å²) < 4.78 is 22.2. The zero-order valence-corrected chi connectivity index (χ0v) is 36.8. The number of aliphatic hydroxyl groups is 4. The summed E-state index contributed by atoms with van der Waals surface area (Å²) in [4.78, 5) is 25.4. The number of unbranched alkanes of at least 4 members (excludes halogenated alkanes) is 22. The fourth-order valence-electron chi connectivity index (χ4n) is 7.02. The maximum atomic E-state index is 12.8. The molecule has 338 valence electrons. The molecule has 0 aromatic carbocycles. The molecule has 6 atom stereocenters. The largest absolute Gasteiger partial charge is 0.462 e. The summed E-state index contributed by atoms with van der Waals surface area (Å²) in [5.74, 6) is -0.816. The summed E-state index contributed by atoms with van der Waals surface area (Å²) in [6.07, 6.45) is 37.1. The van der Waals surface area contributed by atoms with Crippen LogP contribution in [-0.4, -0.2) is 89.0 Å². The Labute approximate surface area is 353 Å². The molecular weight excluding hydrogens is 737 g/mol. The molecule has 1 aliphatic rings. The Morgan fingerprint density at radius 3 is 1.48 bits per heavy atom. The van der Waals surface area contributed by atoms with E-state index < -0.39 is 49.4 Å². The van der Waals surface area contributed by atoms with Gasteiger partial charge in [-0.1, -0.05) is 172 Å². The second kappa shape index (κ2) is 39.1. The second-order valence-corrected chi connectivity index (χ2v) is 16.2. The van der Waals surface area contributed by atoms with Crippen molar-refractivity contribution in [3.8, 4) is 0 Å². The van der Waals surface area contributed by atoms with Gasteiger partial charge in [-0.15, -0.1) is 0 Å². The molecule has 0 amide bonds. The molecule has 0 aromatic heterocycles. The van der Waals surface area contributed by atoms with Gasteiger partial charge in [-0.3, -0.25) is 9.59 Å². The number of hydrogen-bond donors (Lipinski definition) is 4. The highest BCUT2D eigenvalue weighted by atomic mass is 16.7. The SMILES string of the molecule is CCCCC/C=C\C/C=C\C/C=C\CCCCCCCCC(=O)OC(COC(=O)CCCCCCCCCCCCCCCC)COC1OC(CO)C(O)C(O)C1O. The van der Waals surface area contributed by atoms with Gasteiger partial charge in [0.2, 0.25) is 0 Å². The minimum atomic E-state index is -1.60. The third-order valence-electron chi connectivity index (χ3n) is 10.8. The highest BCUT2D eigenvalue weighted by Crippen LogP contribution is 2.23. The molecule has 0 saturated carbocycles. The van der Waals surface area contributed by atoms with Crippen LogP contribution in [0.3, 0.4) is 0 Å². The molecular formula is C48H86O10. The minimum Gasteiger partial charge on any atom is -0.462 e. The summed E-state index contributed by atoms with van der Waals surface area (Å²) in [6, 6.07) is 0. The van der Waals surface area contributed by atoms with Gasteiger partial charge in [0.1, 0.15) is 31.0 Å². The van der Waals surface area contributed by atoms with E-state index >= 15 is 0 Å². The van der Waals surface area contributed by atoms with Crippen LogP contribution in [0, 0.1) is 0 Å². The fourth-order valence-corrected chi connectivity index (χ4v) is 7.02. The fraction of sp³-hybridized carbons (Fsp3) is 0.833. The second-order valence-electron chi connectivity index (χ2n) is 16.2. The van der Waals surface area contributed by atoms with Crippen LogP contribution < -0.4 is 0 Å². The molecule has 6 unspecified atom stereocenters. The number of carbonyl (C=O) groups excluding carboxylic acids is 2.